The molecule has 0 saturated heterocycles. The van der Waals surface area contributed by atoms with Crippen LogP contribution in [0.3, 0.4) is 0 Å². The van der Waals surface area contributed by atoms with Crippen molar-refractivity contribution in [2.24, 2.45) is 5.73 Å². The van der Waals surface area contributed by atoms with Gasteiger partial charge in [0.2, 0.25) is 5.91 Å². The first-order chi connectivity index (χ1) is 9.69. The first kappa shape index (κ1) is 15.0. The van der Waals surface area contributed by atoms with Crippen LogP contribution in [-0.2, 0) is 11.3 Å². The Bertz CT molecular complexity index is 424. The molecule has 1 aliphatic carbocycles. The fraction of sp³-hybridized carbons (Fsp3) is 0.562. The predicted octanol–water partition coefficient (Wildman–Crippen LogP) is 2.35. The van der Waals surface area contributed by atoms with E-state index in [4.69, 9.17) is 5.73 Å². The summed E-state index contributed by atoms with van der Waals surface area (Å²) in [4.78, 5) is 14.2. The number of carbonyl (C=O) groups excluding carboxylic acids is 1. The zero-order valence-electron chi connectivity index (χ0n) is 12.3. The number of nitrogens with one attached hydrogen (secondary N) is 1. The number of nitrogens with zero attached hydrogens (tertiary/aromatic N) is 1. The number of carbonyl (C=O) groups is 1. The molecular weight excluding hydrogens is 250 g/mol. The highest BCUT2D eigenvalue weighted by Gasteiger charge is 2.19. The first-order valence-electron chi connectivity index (χ1n) is 7.48. The van der Waals surface area contributed by atoms with Gasteiger partial charge in [0.05, 0.1) is 0 Å². The van der Waals surface area contributed by atoms with Crippen LogP contribution in [0.4, 0.5) is 5.69 Å². The third kappa shape index (κ3) is 4.32. The summed E-state index contributed by atoms with van der Waals surface area (Å²) >= 11 is 0. The van der Waals surface area contributed by atoms with Crippen LogP contribution >= 0.6 is 0 Å². The molecule has 0 spiro atoms. The number of hydrogen-bond acceptors (Lipinski definition) is 3. The molecule has 0 unspecified atom stereocenters. The van der Waals surface area contributed by atoms with E-state index < -0.39 is 0 Å². The molecule has 1 aromatic rings. The van der Waals surface area contributed by atoms with Crippen molar-refractivity contribution in [1.82, 2.24) is 4.90 Å². The summed E-state index contributed by atoms with van der Waals surface area (Å²) in [5.41, 5.74) is 7.47. The highest BCUT2D eigenvalue weighted by atomic mass is 16.1. The zero-order chi connectivity index (χ0) is 14.4. The molecular formula is C16H25N3O. The van der Waals surface area contributed by atoms with E-state index >= 15 is 0 Å². The monoisotopic (exact) mass is 275 g/mol. The van der Waals surface area contributed by atoms with Crippen molar-refractivity contribution < 1.29 is 4.79 Å². The quantitative estimate of drug-likeness (QED) is 0.838. The molecule has 1 aromatic carbocycles. The number of rotatable bonds is 6. The summed E-state index contributed by atoms with van der Waals surface area (Å²) in [6, 6.07) is 8.37. The fourth-order valence-corrected chi connectivity index (χ4v) is 2.75. The number of anilines is 1. The lowest BCUT2D eigenvalue weighted by Gasteiger charge is -2.23. The minimum atomic E-state index is 0.0790. The largest absolute Gasteiger partial charge is 0.326 e. The Labute approximate surface area is 121 Å². The van der Waals surface area contributed by atoms with Crippen LogP contribution in [-0.4, -0.2) is 30.4 Å². The Morgan fingerprint density at radius 3 is 2.55 bits per heavy atom. The van der Waals surface area contributed by atoms with Crippen molar-refractivity contribution >= 4 is 11.6 Å². The van der Waals surface area contributed by atoms with Crippen LogP contribution in [0.1, 0.15) is 37.7 Å². The van der Waals surface area contributed by atoms with Gasteiger partial charge in [-0.2, -0.15) is 0 Å². The summed E-state index contributed by atoms with van der Waals surface area (Å²) in [6.45, 7) is 1.36. The lowest BCUT2D eigenvalue weighted by Crippen LogP contribution is -2.32. The average Bonchev–Trinajstić information content (AvgIpc) is 3.00. The van der Waals surface area contributed by atoms with Crippen molar-refractivity contribution in [2.45, 2.75) is 44.7 Å². The number of nitrogens with two attached hydrogens (primary N) is 1. The van der Waals surface area contributed by atoms with Crippen LogP contribution in [0.15, 0.2) is 24.3 Å². The smallest absolute Gasteiger partial charge is 0.225 e. The van der Waals surface area contributed by atoms with Gasteiger partial charge in [-0.25, -0.2) is 0 Å². The maximum absolute atomic E-state index is 11.9. The Hall–Kier alpha value is -1.39. The van der Waals surface area contributed by atoms with E-state index in [0.717, 1.165) is 17.8 Å². The number of amides is 1. The second-order valence-corrected chi connectivity index (χ2v) is 5.62. The topological polar surface area (TPSA) is 58.4 Å². The second kappa shape index (κ2) is 7.41. The minimum absolute atomic E-state index is 0.0790. The number of benzene rings is 1. The van der Waals surface area contributed by atoms with Crippen LogP contribution in [0, 0.1) is 0 Å². The SMILES string of the molecule is CN(CCC(=O)Nc1ccc(CN)cc1)C1CCCC1. The molecule has 3 N–H and O–H groups in total. The lowest BCUT2D eigenvalue weighted by atomic mass is 10.2. The first-order valence-corrected chi connectivity index (χ1v) is 7.48. The summed E-state index contributed by atoms with van der Waals surface area (Å²) in [5, 5.41) is 2.93. The molecule has 1 saturated carbocycles. The van der Waals surface area contributed by atoms with Gasteiger partial charge in [-0.1, -0.05) is 25.0 Å². The molecule has 0 aromatic heterocycles. The van der Waals surface area contributed by atoms with E-state index in [1.807, 2.05) is 24.3 Å². The molecule has 1 fully saturated rings. The van der Waals surface area contributed by atoms with E-state index in [2.05, 4.69) is 17.3 Å². The van der Waals surface area contributed by atoms with Gasteiger partial charge in [0.1, 0.15) is 0 Å². The summed E-state index contributed by atoms with van der Waals surface area (Å²) < 4.78 is 0. The molecule has 1 amide bonds. The Morgan fingerprint density at radius 2 is 1.95 bits per heavy atom. The van der Waals surface area contributed by atoms with E-state index in [1.165, 1.54) is 25.7 Å². The normalized spacial score (nSPS) is 15.8. The molecule has 0 bridgehead atoms. The van der Waals surface area contributed by atoms with Gasteiger partial charge < -0.3 is 16.0 Å². The molecule has 4 nitrogen and oxygen atoms in total. The Kier molecular flexibility index (Phi) is 5.56. The van der Waals surface area contributed by atoms with Gasteiger partial charge in [-0.3, -0.25) is 4.79 Å². The molecule has 2 rings (SSSR count). The van der Waals surface area contributed by atoms with Crippen LogP contribution < -0.4 is 11.1 Å². The lowest BCUT2D eigenvalue weighted by molar-refractivity contribution is -0.116. The van der Waals surface area contributed by atoms with Crippen LogP contribution in [0.25, 0.3) is 0 Å². The standard InChI is InChI=1S/C16H25N3O/c1-19(15-4-2-3-5-15)11-10-16(20)18-14-8-6-13(12-17)7-9-14/h6-9,15H,2-5,10-12,17H2,1H3,(H,18,20). The van der Waals surface area contributed by atoms with E-state index in [-0.39, 0.29) is 5.91 Å². The minimum Gasteiger partial charge on any atom is -0.326 e. The molecule has 110 valence electrons. The molecule has 1 aliphatic rings. The van der Waals surface area contributed by atoms with Crippen molar-refractivity contribution in [2.75, 3.05) is 18.9 Å². The van der Waals surface area contributed by atoms with Crippen molar-refractivity contribution in [3.05, 3.63) is 29.8 Å². The van der Waals surface area contributed by atoms with Gasteiger partial charge in [0.15, 0.2) is 0 Å². The molecule has 4 heteroatoms. The van der Waals surface area contributed by atoms with Crippen molar-refractivity contribution in [3.63, 3.8) is 0 Å². The van der Waals surface area contributed by atoms with Crippen molar-refractivity contribution in [1.29, 1.82) is 0 Å². The van der Waals surface area contributed by atoms with Gasteiger partial charge in [0, 0.05) is 31.2 Å². The summed E-state index contributed by atoms with van der Waals surface area (Å²) in [7, 11) is 2.12. The van der Waals surface area contributed by atoms with E-state index in [0.29, 0.717) is 19.0 Å². The van der Waals surface area contributed by atoms with E-state index in [9.17, 15) is 4.79 Å². The third-order valence-electron chi connectivity index (χ3n) is 4.11. The second-order valence-electron chi connectivity index (χ2n) is 5.62. The third-order valence-corrected chi connectivity index (χ3v) is 4.11. The predicted molar refractivity (Wildman–Crippen MR) is 82.5 cm³/mol. The van der Waals surface area contributed by atoms with Gasteiger partial charge in [-0.05, 0) is 37.6 Å². The van der Waals surface area contributed by atoms with Gasteiger partial charge in [0.25, 0.3) is 0 Å². The molecule has 0 radical (unpaired) electrons. The summed E-state index contributed by atoms with van der Waals surface area (Å²) in [5.74, 6) is 0.0790. The highest BCUT2D eigenvalue weighted by molar-refractivity contribution is 5.90. The fourth-order valence-electron chi connectivity index (χ4n) is 2.75. The maximum Gasteiger partial charge on any atom is 0.225 e. The average molecular weight is 275 g/mol. The molecule has 20 heavy (non-hydrogen) atoms. The van der Waals surface area contributed by atoms with E-state index in [1.54, 1.807) is 0 Å². The zero-order valence-corrected chi connectivity index (χ0v) is 12.3. The summed E-state index contributed by atoms with van der Waals surface area (Å²) in [6.07, 6.45) is 5.76. The van der Waals surface area contributed by atoms with Crippen LogP contribution in [0.5, 0.6) is 0 Å². The van der Waals surface area contributed by atoms with Gasteiger partial charge in [-0.15, -0.1) is 0 Å². The van der Waals surface area contributed by atoms with Crippen molar-refractivity contribution in [3.8, 4) is 0 Å². The highest BCUT2D eigenvalue weighted by Crippen LogP contribution is 2.22. The Balaban J connectivity index is 1.74. The molecule has 0 atom stereocenters. The van der Waals surface area contributed by atoms with Crippen LogP contribution in [0.2, 0.25) is 0 Å². The van der Waals surface area contributed by atoms with Gasteiger partial charge >= 0.3 is 0 Å². The molecule has 0 heterocycles. The molecule has 0 aliphatic heterocycles. The maximum atomic E-state index is 11.9. The Morgan fingerprint density at radius 1 is 1.30 bits per heavy atom. The number of hydrogen-bond donors (Lipinski definition) is 2.